The minimum Gasteiger partial charge on any atom is -0.498 e. The Morgan fingerprint density at radius 1 is 1.42 bits per heavy atom. The van der Waals surface area contributed by atoms with Crippen molar-refractivity contribution in [3.63, 3.8) is 0 Å². The van der Waals surface area contributed by atoms with Crippen LogP contribution in [0.5, 0.6) is 0 Å². The first-order valence-electron chi connectivity index (χ1n) is 5.18. The summed E-state index contributed by atoms with van der Waals surface area (Å²) in [4.78, 5) is 15.1. The van der Waals surface area contributed by atoms with Crippen molar-refractivity contribution in [2.24, 2.45) is 0 Å². The van der Waals surface area contributed by atoms with Crippen molar-refractivity contribution in [3.05, 3.63) is 52.4 Å². The maximum atomic E-state index is 13.8. The van der Waals surface area contributed by atoms with Gasteiger partial charge in [0, 0.05) is 11.8 Å². The number of aromatic nitrogens is 1. The van der Waals surface area contributed by atoms with Gasteiger partial charge in [0.2, 0.25) is 0 Å². The van der Waals surface area contributed by atoms with Crippen molar-refractivity contribution in [2.75, 3.05) is 0 Å². The number of carbonyl (C=O) groups excluding carboxylic acids is 1. The summed E-state index contributed by atoms with van der Waals surface area (Å²) < 4.78 is 13.8. The molecule has 2 rings (SSSR count). The molecule has 0 unspecified atom stereocenters. The largest absolute Gasteiger partial charge is 0.498 e. The van der Waals surface area contributed by atoms with E-state index in [4.69, 9.17) is 23.8 Å². The van der Waals surface area contributed by atoms with Crippen LogP contribution in [0.2, 0.25) is 5.02 Å². The second-order valence-corrected chi connectivity index (χ2v) is 4.44. The average Bonchev–Trinajstić information content (AvgIpc) is 2.41. The van der Waals surface area contributed by atoms with Crippen molar-refractivity contribution in [1.29, 1.82) is 0 Å². The molecule has 1 aromatic carbocycles. The van der Waals surface area contributed by atoms with E-state index < -0.39 is 5.82 Å². The Morgan fingerprint density at radius 3 is 2.79 bits per heavy atom. The minimum absolute atomic E-state index is 0.157. The standard InChI is InChI=1S/C13H7ClFNO2S/c14-10-4-3-7(9(6-17)11(10)15)12-8(13(18)19)2-1-5-16-12/h1-6H,(H,18,19). The van der Waals surface area contributed by atoms with Crippen LogP contribution in [0.15, 0.2) is 30.5 Å². The van der Waals surface area contributed by atoms with Gasteiger partial charge in [-0.3, -0.25) is 9.78 Å². The predicted molar refractivity (Wildman–Crippen MR) is 74.4 cm³/mol. The van der Waals surface area contributed by atoms with Gasteiger partial charge in [-0.05, 0) is 30.4 Å². The summed E-state index contributed by atoms with van der Waals surface area (Å²) in [6.45, 7) is 0. The van der Waals surface area contributed by atoms with E-state index in [2.05, 4.69) is 4.98 Å². The van der Waals surface area contributed by atoms with Gasteiger partial charge in [0.25, 0.3) is 0 Å². The van der Waals surface area contributed by atoms with E-state index in [9.17, 15) is 14.3 Å². The van der Waals surface area contributed by atoms with Gasteiger partial charge in [0.05, 0.1) is 21.8 Å². The zero-order valence-electron chi connectivity index (χ0n) is 9.43. The van der Waals surface area contributed by atoms with Gasteiger partial charge in [-0.25, -0.2) is 4.39 Å². The Labute approximate surface area is 118 Å². The van der Waals surface area contributed by atoms with Crippen LogP contribution in [0.4, 0.5) is 4.39 Å². The number of thiocarbonyl (C=S) groups is 1. The molecule has 6 heteroatoms. The maximum Gasteiger partial charge on any atom is 0.190 e. The van der Waals surface area contributed by atoms with Gasteiger partial charge in [0.1, 0.15) is 0 Å². The quantitative estimate of drug-likeness (QED) is 0.694. The smallest absolute Gasteiger partial charge is 0.190 e. The second kappa shape index (κ2) is 5.42. The molecule has 19 heavy (non-hydrogen) atoms. The molecule has 1 aromatic heterocycles. The van der Waals surface area contributed by atoms with Crippen LogP contribution in [-0.4, -0.2) is 21.4 Å². The number of carbonyl (C=O) groups is 1. The first-order valence-corrected chi connectivity index (χ1v) is 5.96. The van der Waals surface area contributed by atoms with E-state index in [0.29, 0.717) is 6.29 Å². The highest BCUT2D eigenvalue weighted by molar-refractivity contribution is 7.80. The number of nitrogens with zero attached hydrogens (tertiary/aromatic N) is 1. The third kappa shape index (κ3) is 2.47. The zero-order chi connectivity index (χ0) is 14.0. The number of aldehydes is 1. The molecular weight excluding hydrogens is 289 g/mol. The number of aliphatic hydroxyl groups is 1. The third-order valence-electron chi connectivity index (χ3n) is 2.54. The third-order valence-corrected chi connectivity index (χ3v) is 3.06. The van der Waals surface area contributed by atoms with Crippen LogP contribution in [-0.2, 0) is 0 Å². The first-order chi connectivity index (χ1) is 9.06. The molecule has 0 radical (unpaired) electrons. The fraction of sp³-hybridized carbons (Fsp3) is 0. The number of halogens is 2. The lowest BCUT2D eigenvalue weighted by Gasteiger charge is -2.09. The number of aliphatic hydroxyl groups excluding tert-OH is 1. The van der Waals surface area contributed by atoms with Crippen LogP contribution in [0.3, 0.4) is 0 Å². The number of hydrogen-bond acceptors (Lipinski definition) is 3. The molecule has 0 aliphatic rings. The fourth-order valence-electron chi connectivity index (χ4n) is 1.68. The maximum absolute atomic E-state index is 13.8. The first kappa shape index (κ1) is 13.6. The van der Waals surface area contributed by atoms with Crippen LogP contribution >= 0.6 is 23.8 Å². The number of hydrogen-bond donors (Lipinski definition) is 1. The molecule has 3 nitrogen and oxygen atoms in total. The Bertz CT molecular complexity index is 676. The lowest BCUT2D eigenvalue weighted by Crippen LogP contribution is -2.03. The Balaban J connectivity index is 2.76. The molecule has 0 amide bonds. The van der Waals surface area contributed by atoms with Crippen LogP contribution in [0.25, 0.3) is 11.3 Å². The molecule has 0 saturated heterocycles. The van der Waals surface area contributed by atoms with Crippen LogP contribution in [0.1, 0.15) is 15.9 Å². The van der Waals surface area contributed by atoms with Crippen molar-refractivity contribution >= 4 is 35.2 Å². The van der Waals surface area contributed by atoms with E-state index >= 15 is 0 Å². The Kier molecular flexibility index (Phi) is 3.87. The monoisotopic (exact) mass is 295 g/mol. The van der Waals surface area contributed by atoms with E-state index in [-0.39, 0.29) is 32.5 Å². The van der Waals surface area contributed by atoms with Gasteiger partial charge < -0.3 is 5.11 Å². The van der Waals surface area contributed by atoms with Gasteiger partial charge in [-0.1, -0.05) is 17.7 Å². The predicted octanol–water partition coefficient (Wildman–Crippen LogP) is 3.59. The highest BCUT2D eigenvalue weighted by Crippen LogP contribution is 2.29. The summed E-state index contributed by atoms with van der Waals surface area (Å²) in [6.07, 6.45) is 1.81. The molecule has 1 heterocycles. The molecule has 0 aliphatic heterocycles. The van der Waals surface area contributed by atoms with Gasteiger partial charge in [-0.2, -0.15) is 0 Å². The molecule has 0 aliphatic carbocycles. The number of pyridine rings is 1. The summed E-state index contributed by atoms with van der Waals surface area (Å²) in [6, 6.07) is 5.89. The summed E-state index contributed by atoms with van der Waals surface area (Å²) in [7, 11) is 0. The fourth-order valence-corrected chi connectivity index (χ4v) is 2.01. The second-order valence-electron chi connectivity index (χ2n) is 3.65. The van der Waals surface area contributed by atoms with Crippen molar-refractivity contribution in [2.45, 2.75) is 0 Å². The van der Waals surface area contributed by atoms with Crippen molar-refractivity contribution in [3.8, 4) is 11.3 Å². The van der Waals surface area contributed by atoms with Crippen molar-refractivity contribution in [1.82, 2.24) is 4.98 Å². The highest BCUT2D eigenvalue weighted by atomic mass is 35.5. The van der Waals surface area contributed by atoms with Crippen molar-refractivity contribution < 1.29 is 14.3 Å². The van der Waals surface area contributed by atoms with Gasteiger partial charge >= 0.3 is 0 Å². The van der Waals surface area contributed by atoms with E-state index in [1.54, 1.807) is 6.07 Å². The molecule has 0 spiro atoms. The number of benzene rings is 1. The number of rotatable bonds is 3. The Hall–Kier alpha value is -1.85. The van der Waals surface area contributed by atoms with Crippen LogP contribution < -0.4 is 0 Å². The summed E-state index contributed by atoms with van der Waals surface area (Å²) >= 11 is 10.3. The highest BCUT2D eigenvalue weighted by Gasteiger charge is 2.17. The summed E-state index contributed by atoms with van der Waals surface area (Å²) in [5.74, 6) is -0.824. The van der Waals surface area contributed by atoms with E-state index in [0.717, 1.165) is 0 Å². The molecule has 0 bridgehead atoms. The minimum atomic E-state index is -0.824. The summed E-state index contributed by atoms with van der Waals surface area (Å²) in [5, 5.41) is 8.90. The molecule has 0 fully saturated rings. The lowest BCUT2D eigenvalue weighted by molar-refractivity contribution is 0.112. The van der Waals surface area contributed by atoms with Gasteiger partial charge in [-0.15, -0.1) is 0 Å². The Morgan fingerprint density at radius 2 is 2.16 bits per heavy atom. The zero-order valence-corrected chi connectivity index (χ0v) is 11.0. The van der Waals surface area contributed by atoms with E-state index in [1.165, 1.54) is 24.4 Å². The molecule has 96 valence electrons. The molecule has 2 aromatic rings. The van der Waals surface area contributed by atoms with Crippen LogP contribution in [0, 0.1) is 5.82 Å². The average molecular weight is 296 g/mol. The normalized spacial score (nSPS) is 10.2. The molecule has 0 saturated carbocycles. The SMILES string of the molecule is O=Cc1c(-c2ncccc2C(O)=S)ccc(Cl)c1F. The molecule has 0 atom stereocenters. The molecular formula is C13H7ClFNO2S. The van der Waals surface area contributed by atoms with E-state index in [1.807, 2.05) is 0 Å². The topological polar surface area (TPSA) is 50.2 Å². The lowest BCUT2D eigenvalue weighted by atomic mass is 10.0. The molecule has 1 N–H and O–H groups in total. The summed E-state index contributed by atoms with van der Waals surface area (Å²) in [5.41, 5.74) is 0.489. The van der Waals surface area contributed by atoms with Gasteiger partial charge in [0.15, 0.2) is 17.2 Å².